The average molecular weight is 227 g/mol. The van der Waals surface area contributed by atoms with Crippen LogP contribution in [0.2, 0.25) is 0 Å². The third kappa shape index (κ3) is 3.19. The number of halogens is 1. The van der Waals surface area contributed by atoms with Crippen molar-refractivity contribution in [1.82, 2.24) is 10.6 Å². The molecule has 2 N–H and O–H groups in total. The fraction of sp³-hybridized carbons (Fsp3) is 0.600. The monoisotopic (exact) mass is 226 g/mol. The first-order chi connectivity index (χ1) is 5.88. The van der Waals surface area contributed by atoms with Crippen LogP contribution in [0.3, 0.4) is 0 Å². The number of amides is 3. The molecule has 0 bridgehead atoms. The molecule has 1 aliphatic rings. The molecule has 0 unspecified atom stereocenters. The van der Waals surface area contributed by atoms with Crippen LogP contribution in [0.4, 0.5) is 4.79 Å². The minimum Gasteiger partial charge on any atom is -0.326 e. The van der Waals surface area contributed by atoms with Gasteiger partial charge in [0.1, 0.15) is 6.04 Å². The lowest BCUT2D eigenvalue weighted by atomic mass is 10.2. The number of rotatable bonds is 3. The van der Waals surface area contributed by atoms with Crippen molar-refractivity contribution in [3.05, 3.63) is 0 Å². The maximum Gasteiger partial charge on any atom is 0.322 e. The van der Waals surface area contributed by atoms with E-state index >= 15 is 0 Å². The van der Waals surface area contributed by atoms with E-state index in [4.69, 9.17) is 10.7 Å². The Kier molecular flexibility index (Phi) is 2.77. The summed E-state index contributed by atoms with van der Waals surface area (Å²) in [5.74, 6) is -0.863. The predicted molar refractivity (Wildman–Crippen MR) is 44.7 cm³/mol. The summed E-state index contributed by atoms with van der Waals surface area (Å²) in [6, 6.07) is -1.40. The lowest BCUT2D eigenvalue weighted by Crippen LogP contribution is -2.30. The van der Waals surface area contributed by atoms with E-state index in [2.05, 4.69) is 5.32 Å². The molecule has 1 aliphatic heterocycles. The van der Waals surface area contributed by atoms with Gasteiger partial charge in [0.05, 0.1) is 5.75 Å². The number of hydrogen-bond acceptors (Lipinski definition) is 4. The highest BCUT2D eigenvalue weighted by Crippen LogP contribution is 2.04. The van der Waals surface area contributed by atoms with Gasteiger partial charge < -0.3 is 5.32 Å². The summed E-state index contributed by atoms with van der Waals surface area (Å²) in [7, 11) is 1.31. The molecule has 0 radical (unpaired) electrons. The van der Waals surface area contributed by atoms with Crippen LogP contribution in [0.1, 0.15) is 6.42 Å². The molecule has 1 rings (SSSR count). The maximum atomic E-state index is 10.9. The van der Waals surface area contributed by atoms with Crippen LogP contribution in [0, 0.1) is 0 Å². The van der Waals surface area contributed by atoms with Crippen LogP contribution in [0.15, 0.2) is 0 Å². The zero-order chi connectivity index (χ0) is 10.1. The lowest BCUT2D eigenvalue weighted by molar-refractivity contribution is -0.120. The molecule has 0 aromatic carbocycles. The Hall–Kier alpha value is -0.820. The van der Waals surface area contributed by atoms with Gasteiger partial charge >= 0.3 is 6.03 Å². The van der Waals surface area contributed by atoms with Gasteiger partial charge in [-0.05, 0) is 6.42 Å². The zero-order valence-corrected chi connectivity index (χ0v) is 7.98. The van der Waals surface area contributed by atoms with Gasteiger partial charge in [-0.2, -0.15) is 0 Å². The third-order valence-electron chi connectivity index (χ3n) is 1.51. The van der Waals surface area contributed by atoms with Gasteiger partial charge in [-0.3, -0.25) is 10.1 Å². The van der Waals surface area contributed by atoms with Crippen molar-refractivity contribution in [3.8, 4) is 0 Å². The molecule has 3 amide bonds. The smallest absolute Gasteiger partial charge is 0.322 e. The quantitative estimate of drug-likeness (QED) is 0.485. The van der Waals surface area contributed by atoms with Gasteiger partial charge in [-0.15, -0.1) is 0 Å². The molecular weight excluding hydrogens is 220 g/mol. The first kappa shape index (κ1) is 10.3. The van der Waals surface area contributed by atoms with Gasteiger partial charge in [0, 0.05) is 10.7 Å². The van der Waals surface area contributed by atoms with Gasteiger partial charge in [0.15, 0.2) is 0 Å². The van der Waals surface area contributed by atoms with E-state index in [1.165, 1.54) is 0 Å². The van der Waals surface area contributed by atoms with E-state index in [9.17, 15) is 18.0 Å². The second-order valence-corrected chi connectivity index (χ2v) is 5.44. The first-order valence-electron chi connectivity index (χ1n) is 3.42. The number of imide groups is 1. The van der Waals surface area contributed by atoms with Crippen LogP contribution in [-0.4, -0.2) is 32.2 Å². The van der Waals surface area contributed by atoms with E-state index in [0.717, 1.165) is 0 Å². The molecule has 0 aromatic heterocycles. The number of nitrogens with one attached hydrogen (secondary N) is 2. The highest BCUT2D eigenvalue weighted by Gasteiger charge is 2.29. The minimum absolute atomic E-state index is 0.0105. The van der Waals surface area contributed by atoms with E-state index in [1.54, 1.807) is 0 Å². The van der Waals surface area contributed by atoms with Crippen molar-refractivity contribution in [2.24, 2.45) is 0 Å². The van der Waals surface area contributed by atoms with Gasteiger partial charge in [-0.25, -0.2) is 13.2 Å². The van der Waals surface area contributed by atoms with Crippen molar-refractivity contribution in [2.75, 3.05) is 5.75 Å². The molecular formula is C5H7ClN2O4S. The SMILES string of the molecule is O=C1NC(=O)[C@@H](CCS(=O)(=O)Cl)N1. The van der Waals surface area contributed by atoms with Crippen LogP contribution in [-0.2, 0) is 13.8 Å². The van der Waals surface area contributed by atoms with Crippen molar-refractivity contribution in [1.29, 1.82) is 0 Å². The summed E-state index contributed by atoms with van der Waals surface area (Å²) in [5, 5.41) is 4.23. The number of carbonyl (C=O) groups is 2. The summed E-state index contributed by atoms with van der Waals surface area (Å²) in [6.45, 7) is 0. The Morgan fingerprint density at radius 2 is 2.00 bits per heavy atom. The minimum atomic E-state index is -3.61. The van der Waals surface area contributed by atoms with E-state index in [-0.39, 0.29) is 12.2 Å². The van der Waals surface area contributed by atoms with Gasteiger partial charge in [-0.1, -0.05) is 0 Å². The van der Waals surface area contributed by atoms with E-state index in [1.807, 2.05) is 5.32 Å². The van der Waals surface area contributed by atoms with Crippen molar-refractivity contribution >= 4 is 31.7 Å². The fourth-order valence-corrected chi connectivity index (χ4v) is 1.71. The average Bonchev–Trinajstić information content (AvgIpc) is 2.24. The number of urea groups is 1. The van der Waals surface area contributed by atoms with Gasteiger partial charge in [0.2, 0.25) is 9.05 Å². The second-order valence-electron chi connectivity index (χ2n) is 2.55. The molecule has 8 heteroatoms. The zero-order valence-electron chi connectivity index (χ0n) is 6.41. The second kappa shape index (κ2) is 3.51. The van der Waals surface area contributed by atoms with Crippen LogP contribution in [0.5, 0.6) is 0 Å². The van der Waals surface area contributed by atoms with Crippen LogP contribution < -0.4 is 10.6 Å². The maximum absolute atomic E-state index is 10.9. The molecule has 0 aliphatic carbocycles. The Morgan fingerprint density at radius 1 is 1.38 bits per heavy atom. The standard InChI is InChI=1S/C5H7ClN2O4S/c6-13(11,12)2-1-3-4(9)8-5(10)7-3/h3H,1-2H2,(H2,7,8,9,10)/t3-/m1/s1. The van der Waals surface area contributed by atoms with E-state index < -0.39 is 27.0 Å². The normalized spacial score (nSPS) is 22.7. The Balaban J connectivity index is 2.47. The van der Waals surface area contributed by atoms with Crippen molar-refractivity contribution in [2.45, 2.75) is 12.5 Å². The Labute approximate surface area is 79.0 Å². The molecule has 6 nitrogen and oxygen atoms in total. The molecule has 0 saturated carbocycles. The molecule has 1 heterocycles. The first-order valence-corrected chi connectivity index (χ1v) is 5.90. The lowest BCUT2D eigenvalue weighted by Gasteiger charge is -2.03. The van der Waals surface area contributed by atoms with E-state index in [0.29, 0.717) is 0 Å². The summed E-state index contributed by atoms with van der Waals surface area (Å²) in [4.78, 5) is 21.4. The van der Waals surface area contributed by atoms with Crippen molar-refractivity contribution in [3.63, 3.8) is 0 Å². The largest absolute Gasteiger partial charge is 0.326 e. The fourth-order valence-electron chi connectivity index (χ4n) is 0.921. The molecule has 1 atom stereocenters. The molecule has 1 saturated heterocycles. The summed E-state index contributed by atoms with van der Waals surface area (Å²) < 4.78 is 21.0. The highest BCUT2D eigenvalue weighted by atomic mass is 35.7. The third-order valence-corrected chi connectivity index (χ3v) is 2.70. The molecule has 0 spiro atoms. The Morgan fingerprint density at radius 3 is 2.38 bits per heavy atom. The summed E-state index contributed by atoms with van der Waals surface area (Å²) >= 11 is 0. The summed E-state index contributed by atoms with van der Waals surface area (Å²) in [5.41, 5.74) is 0. The molecule has 74 valence electrons. The Bertz CT molecular complexity index is 338. The highest BCUT2D eigenvalue weighted by molar-refractivity contribution is 8.13. The number of hydrogen-bond donors (Lipinski definition) is 2. The van der Waals surface area contributed by atoms with Crippen molar-refractivity contribution < 1.29 is 18.0 Å². The van der Waals surface area contributed by atoms with Gasteiger partial charge in [0.25, 0.3) is 5.91 Å². The number of carbonyl (C=O) groups excluding carboxylic acids is 2. The molecule has 0 aromatic rings. The predicted octanol–water partition coefficient (Wildman–Crippen LogP) is -0.847. The topological polar surface area (TPSA) is 92.3 Å². The summed E-state index contributed by atoms with van der Waals surface area (Å²) in [6.07, 6.45) is -0.0105. The molecule has 1 fully saturated rings. The van der Waals surface area contributed by atoms with Crippen LogP contribution >= 0.6 is 10.7 Å². The van der Waals surface area contributed by atoms with Crippen LogP contribution in [0.25, 0.3) is 0 Å². The molecule has 13 heavy (non-hydrogen) atoms.